The first-order valence-corrected chi connectivity index (χ1v) is 6.21. The van der Waals surface area contributed by atoms with Crippen LogP contribution in [-0.4, -0.2) is 19.6 Å². The summed E-state index contributed by atoms with van der Waals surface area (Å²) in [6.45, 7) is 7.29. The van der Waals surface area contributed by atoms with Crippen LogP contribution in [0.4, 0.5) is 0 Å². The summed E-state index contributed by atoms with van der Waals surface area (Å²) in [5.74, 6) is 0. The van der Waals surface area contributed by atoms with Gasteiger partial charge in [0.1, 0.15) is 0 Å². The van der Waals surface area contributed by atoms with Gasteiger partial charge in [0.15, 0.2) is 0 Å². The number of aryl methyl sites for hydroxylation is 2. The van der Waals surface area contributed by atoms with Crippen LogP contribution in [-0.2, 0) is 6.42 Å². The Labute approximate surface area is 99.2 Å². The van der Waals surface area contributed by atoms with Gasteiger partial charge in [0.05, 0.1) is 0 Å². The van der Waals surface area contributed by atoms with Crippen molar-refractivity contribution in [3.8, 4) is 0 Å². The molecule has 1 aromatic rings. The highest BCUT2D eigenvalue weighted by atomic mass is 14.8. The van der Waals surface area contributed by atoms with Crippen LogP contribution in [0.15, 0.2) is 18.2 Å². The Morgan fingerprint density at radius 1 is 1.12 bits per heavy atom. The van der Waals surface area contributed by atoms with E-state index in [0.717, 1.165) is 32.5 Å². The molecule has 2 heteroatoms. The van der Waals surface area contributed by atoms with Crippen molar-refractivity contribution < 1.29 is 0 Å². The summed E-state index contributed by atoms with van der Waals surface area (Å²) >= 11 is 0. The molecule has 3 N–H and O–H groups in total. The molecule has 90 valence electrons. The van der Waals surface area contributed by atoms with Crippen LogP contribution >= 0.6 is 0 Å². The molecule has 0 heterocycles. The smallest absolute Gasteiger partial charge is 0.000825 e. The first kappa shape index (κ1) is 13.2. The van der Waals surface area contributed by atoms with E-state index in [0.29, 0.717) is 0 Å². The van der Waals surface area contributed by atoms with Gasteiger partial charge in [-0.2, -0.15) is 0 Å². The molecule has 0 unspecified atom stereocenters. The Morgan fingerprint density at radius 3 is 2.62 bits per heavy atom. The average molecular weight is 220 g/mol. The second-order valence-corrected chi connectivity index (χ2v) is 4.43. The summed E-state index contributed by atoms with van der Waals surface area (Å²) in [5, 5.41) is 3.45. The van der Waals surface area contributed by atoms with Crippen LogP contribution in [0.3, 0.4) is 0 Å². The monoisotopic (exact) mass is 220 g/mol. The minimum Gasteiger partial charge on any atom is -0.330 e. The molecule has 1 aromatic carbocycles. The molecule has 0 saturated carbocycles. The number of hydrogen-bond acceptors (Lipinski definition) is 2. The Bertz CT molecular complexity index is 308. The molecule has 16 heavy (non-hydrogen) atoms. The minimum absolute atomic E-state index is 0.804. The molecule has 2 nitrogen and oxygen atoms in total. The zero-order valence-corrected chi connectivity index (χ0v) is 10.6. The van der Waals surface area contributed by atoms with E-state index in [1.54, 1.807) is 0 Å². The van der Waals surface area contributed by atoms with Crippen LogP contribution in [0, 0.1) is 13.8 Å². The van der Waals surface area contributed by atoms with E-state index in [9.17, 15) is 0 Å². The highest BCUT2D eigenvalue weighted by Crippen LogP contribution is 2.10. The van der Waals surface area contributed by atoms with Crippen molar-refractivity contribution in [2.24, 2.45) is 5.73 Å². The second kappa shape index (κ2) is 7.42. The third-order valence-electron chi connectivity index (χ3n) is 2.88. The van der Waals surface area contributed by atoms with Crippen LogP contribution in [0.1, 0.15) is 29.5 Å². The molecule has 0 spiro atoms. The van der Waals surface area contributed by atoms with E-state index in [4.69, 9.17) is 5.73 Å². The number of benzene rings is 1. The van der Waals surface area contributed by atoms with Gasteiger partial charge in [0.25, 0.3) is 0 Å². The summed E-state index contributed by atoms with van der Waals surface area (Å²) in [6.07, 6.45) is 3.43. The van der Waals surface area contributed by atoms with Crippen molar-refractivity contribution >= 4 is 0 Å². The van der Waals surface area contributed by atoms with E-state index in [2.05, 4.69) is 37.4 Å². The van der Waals surface area contributed by atoms with Crippen LogP contribution in [0.2, 0.25) is 0 Å². The topological polar surface area (TPSA) is 38.0 Å². The molecule has 0 bridgehead atoms. The number of unbranched alkanes of at least 4 members (excludes halogenated alkanes) is 1. The van der Waals surface area contributed by atoms with Crippen molar-refractivity contribution in [1.29, 1.82) is 0 Å². The molecule has 0 radical (unpaired) electrons. The zero-order chi connectivity index (χ0) is 11.8. The summed E-state index contributed by atoms with van der Waals surface area (Å²) < 4.78 is 0. The van der Waals surface area contributed by atoms with Gasteiger partial charge in [0.2, 0.25) is 0 Å². The first-order valence-electron chi connectivity index (χ1n) is 6.21. The van der Waals surface area contributed by atoms with Gasteiger partial charge >= 0.3 is 0 Å². The lowest BCUT2D eigenvalue weighted by atomic mass is 10.0. The molecule has 0 atom stereocenters. The van der Waals surface area contributed by atoms with Gasteiger partial charge in [-0.3, -0.25) is 0 Å². The molecule has 0 aliphatic heterocycles. The summed E-state index contributed by atoms with van der Waals surface area (Å²) in [6, 6.07) is 6.69. The zero-order valence-electron chi connectivity index (χ0n) is 10.6. The van der Waals surface area contributed by atoms with Gasteiger partial charge in [-0.15, -0.1) is 0 Å². The van der Waals surface area contributed by atoms with Crippen molar-refractivity contribution in [3.05, 3.63) is 34.9 Å². The molecule has 1 rings (SSSR count). The summed E-state index contributed by atoms with van der Waals surface area (Å²) in [4.78, 5) is 0. The predicted octanol–water partition coefficient (Wildman–Crippen LogP) is 2.17. The quantitative estimate of drug-likeness (QED) is 0.691. The second-order valence-electron chi connectivity index (χ2n) is 4.43. The predicted molar refractivity (Wildman–Crippen MR) is 70.8 cm³/mol. The molecule has 0 aliphatic carbocycles. The third-order valence-corrected chi connectivity index (χ3v) is 2.88. The fourth-order valence-electron chi connectivity index (χ4n) is 1.87. The standard InChI is InChI=1S/C14H24N2/c1-12-5-6-14(13(2)11-12)7-10-16-9-4-3-8-15/h5-6,11,16H,3-4,7-10,15H2,1-2H3. The Morgan fingerprint density at radius 2 is 1.94 bits per heavy atom. The van der Waals surface area contributed by atoms with Gasteiger partial charge in [-0.05, 0) is 63.9 Å². The van der Waals surface area contributed by atoms with Gasteiger partial charge in [0, 0.05) is 0 Å². The van der Waals surface area contributed by atoms with E-state index in [-0.39, 0.29) is 0 Å². The van der Waals surface area contributed by atoms with Gasteiger partial charge in [-0.1, -0.05) is 23.8 Å². The molecular weight excluding hydrogens is 196 g/mol. The van der Waals surface area contributed by atoms with Crippen molar-refractivity contribution in [2.75, 3.05) is 19.6 Å². The maximum Gasteiger partial charge on any atom is -0.000825 e. The lowest BCUT2D eigenvalue weighted by Gasteiger charge is -2.08. The molecular formula is C14H24N2. The van der Waals surface area contributed by atoms with Crippen LogP contribution < -0.4 is 11.1 Å². The molecule has 0 aliphatic rings. The van der Waals surface area contributed by atoms with Crippen molar-refractivity contribution in [1.82, 2.24) is 5.32 Å². The highest BCUT2D eigenvalue weighted by Gasteiger charge is 1.97. The Kier molecular flexibility index (Phi) is 6.12. The SMILES string of the molecule is Cc1ccc(CCNCCCCN)c(C)c1. The largest absolute Gasteiger partial charge is 0.330 e. The highest BCUT2D eigenvalue weighted by molar-refractivity contribution is 5.30. The van der Waals surface area contributed by atoms with E-state index < -0.39 is 0 Å². The fourth-order valence-corrected chi connectivity index (χ4v) is 1.87. The molecule has 0 saturated heterocycles. The average Bonchev–Trinajstić information content (AvgIpc) is 2.26. The van der Waals surface area contributed by atoms with Crippen molar-refractivity contribution in [2.45, 2.75) is 33.1 Å². The Hall–Kier alpha value is -0.860. The number of nitrogens with two attached hydrogens (primary N) is 1. The molecule has 0 aromatic heterocycles. The van der Waals surface area contributed by atoms with Gasteiger partial charge in [-0.25, -0.2) is 0 Å². The third kappa shape index (κ3) is 4.77. The summed E-state index contributed by atoms with van der Waals surface area (Å²) in [5.41, 5.74) is 9.65. The molecule has 0 amide bonds. The lowest BCUT2D eigenvalue weighted by Crippen LogP contribution is -2.19. The Balaban J connectivity index is 2.21. The van der Waals surface area contributed by atoms with E-state index in [1.807, 2.05) is 0 Å². The minimum atomic E-state index is 0.804. The van der Waals surface area contributed by atoms with Crippen LogP contribution in [0.25, 0.3) is 0 Å². The fraction of sp³-hybridized carbons (Fsp3) is 0.571. The van der Waals surface area contributed by atoms with Gasteiger partial charge < -0.3 is 11.1 Å². The summed E-state index contributed by atoms with van der Waals surface area (Å²) in [7, 11) is 0. The van der Waals surface area contributed by atoms with E-state index in [1.165, 1.54) is 23.1 Å². The van der Waals surface area contributed by atoms with Crippen LogP contribution in [0.5, 0.6) is 0 Å². The number of rotatable bonds is 7. The normalized spacial score (nSPS) is 10.7. The molecule has 0 fully saturated rings. The van der Waals surface area contributed by atoms with Crippen molar-refractivity contribution in [3.63, 3.8) is 0 Å². The maximum absolute atomic E-state index is 5.44. The maximum atomic E-state index is 5.44. The number of nitrogens with one attached hydrogen (secondary N) is 1. The lowest BCUT2D eigenvalue weighted by molar-refractivity contribution is 0.626. The first-order chi connectivity index (χ1) is 7.74. The number of hydrogen-bond donors (Lipinski definition) is 2. The van der Waals surface area contributed by atoms with E-state index >= 15 is 0 Å².